The normalized spacial score (nSPS) is 10.9. The third kappa shape index (κ3) is 2.89. The second-order valence-electron chi connectivity index (χ2n) is 5.13. The van der Waals surface area contributed by atoms with Gasteiger partial charge in [-0.25, -0.2) is 4.68 Å². The maximum atomic E-state index is 9.53. The third-order valence-electron chi connectivity index (χ3n) is 3.65. The molecule has 3 aromatic rings. The highest BCUT2D eigenvalue weighted by Gasteiger charge is 2.15. The molecule has 5 heteroatoms. The van der Waals surface area contributed by atoms with E-state index in [2.05, 4.69) is 29.4 Å². The summed E-state index contributed by atoms with van der Waals surface area (Å²) in [6, 6.07) is 15.6. The largest absolute Gasteiger partial charge is 0.390 e. The van der Waals surface area contributed by atoms with E-state index in [9.17, 15) is 5.11 Å². The van der Waals surface area contributed by atoms with Crippen LogP contribution in [-0.2, 0) is 13.2 Å². The van der Waals surface area contributed by atoms with Crippen LogP contribution in [0.4, 0.5) is 0 Å². The van der Waals surface area contributed by atoms with E-state index in [1.54, 1.807) is 0 Å². The van der Waals surface area contributed by atoms with E-state index < -0.39 is 0 Å². The summed E-state index contributed by atoms with van der Waals surface area (Å²) in [6.07, 6.45) is 0. The Hall–Kier alpha value is -2.17. The van der Waals surface area contributed by atoms with Crippen LogP contribution in [0.1, 0.15) is 16.8 Å². The van der Waals surface area contributed by atoms with Crippen molar-refractivity contribution in [1.29, 1.82) is 0 Å². The second kappa shape index (κ2) is 6.30. The molecule has 0 radical (unpaired) electrons. The highest BCUT2D eigenvalue weighted by atomic mass is 35.5. The molecule has 0 spiro atoms. The van der Waals surface area contributed by atoms with Crippen LogP contribution in [0.5, 0.6) is 0 Å². The van der Waals surface area contributed by atoms with Crippen molar-refractivity contribution < 1.29 is 5.11 Å². The van der Waals surface area contributed by atoms with Gasteiger partial charge in [0.25, 0.3) is 0 Å². The van der Waals surface area contributed by atoms with E-state index in [0.29, 0.717) is 17.3 Å². The summed E-state index contributed by atoms with van der Waals surface area (Å²) in [5, 5.41) is 18.5. The fourth-order valence-electron chi connectivity index (χ4n) is 2.44. The Morgan fingerprint density at radius 3 is 2.50 bits per heavy atom. The number of aromatic nitrogens is 3. The van der Waals surface area contributed by atoms with Crippen molar-refractivity contribution in [2.45, 2.75) is 20.1 Å². The van der Waals surface area contributed by atoms with Crippen molar-refractivity contribution in [2.24, 2.45) is 0 Å². The van der Waals surface area contributed by atoms with Gasteiger partial charge >= 0.3 is 0 Å². The third-order valence-corrected chi connectivity index (χ3v) is 3.91. The van der Waals surface area contributed by atoms with Gasteiger partial charge in [0.05, 0.1) is 18.8 Å². The van der Waals surface area contributed by atoms with E-state index in [0.717, 1.165) is 11.3 Å². The Bertz CT molecular complexity index is 781. The molecule has 0 amide bonds. The van der Waals surface area contributed by atoms with Crippen LogP contribution < -0.4 is 0 Å². The van der Waals surface area contributed by atoms with Crippen molar-refractivity contribution in [3.8, 4) is 11.3 Å². The van der Waals surface area contributed by atoms with Crippen LogP contribution in [0.2, 0.25) is 5.02 Å². The SMILES string of the molecule is Cc1ccccc1Cn1nnc(CO)c1-c1ccc(Cl)cc1. The van der Waals surface area contributed by atoms with Crippen molar-refractivity contribution in [3.63, 3.8) is 0 Å². The summed E-state index contributed by atoms with van der Waals surface area (Å²) in [7, 11) is 0. The van der Waals surface area contributed by atoms with Gasteiger partial charge in [0.15, 0.2) is 0 Å². The first-order valence-corrected chi connectivity index (χ1v) is 7.40. The van der Waals surface area contributed by atoms with Crippen molar-refractivity contribution in [3.05, 3.63) is 70.4 Å². The zero-order valence-corrected chi connectivity index (χ0v) is 13.0. The molecular formula is C17H16ClN3O. The molecule has 3 rings (SSSR count). The molecule has 0 unspecified atom stereocenters. The molecule has 2 aromatic carbocycles. The summed E-state index contributed by atoms with van der Waals surface area (Å²) in [4.78, 5) is 0. The Morgan fingerprint density at radius 2 is 1.82 bits per heavy atom. The van der Waals surface area contributed by atoms with Gasteiger partial charge in [0.1, 0.15) is 5.69 Å². The summed E-state index contributed by atoms with van der Waals surface area (Å²) in [6.45, 7) is 2.53. The van der Waals surface area contributed by atoms with Gasteiger partial charge in [-0.05, 0) is 30.2 Å². The molecule has 1 aromatic heterocycles. The minimum absolute atomic E-state index is 0.147. The van der Waals surface area contributed by atoms with E-state index in [1.165, 1.54) is 11.1 Å². The van der Waals surface area contributed by atoms with E-state index in [-0.39, 0.29) is 6.61 Å². The second-order valence-corrected chi connectivity index (χ2v) is 5.57. The summed E-state index contributed by atoms with van der Waals surface area (Å²) in [5.41, 5.74) is 4.70. The van der Waals surface area contributed by atoms with Gasteiger partial charge < -0.3 is 5.11 Å². The van der Waals surface area contributed by atoms with Crippen molar-refractivity contribution in [2.75, 3.05) is 0 Å². The molecule has 0 saturated heterocycles. The fourth-order valence-corrected chi connectivity index (χ4v) is 2.56. The Labute approximate surface area is 134 Å². The van der Waals surface area contributed by atoms with Crippen LogP contribution in [-0.4, -0.2) is 20.1 Å². The molecule has 0 aliphatic heterocycles. The van der Waals surface area contributed by atoms with E-state index in [4.69, 9.17) is 11.6 Å². The van der Waals surface area contributed by atoms with Gasteiger partial charge in [0.2, 0.25) is 0 Å². The van der Waals surface area contributed by atoms with Crippen LogP contribution in [0, 0.1) is 6.92 Å². The molecule has 4 nitrogen and oxygen atoms in total. The van der Waals surface area contributed by atoms with E-state index in [1.807, 2.05) is 41.1 Å². The van der Waals surface area contributed by atoms with Crippen LogP contribution >= 0.6 is 11.6 Å². The van der Waals surface area contributed by atoms with Gasteiger partial charge in [0, 0.05) is 10.6 Å². The number of hydrogen-bond donors (Lipinski definition) is 1. The Kier molecular flexibility index (Phi) is 4.22. The zero-order chi connectivity index (χ0) is 15.5. The number of rotatable bonds is 4. The van der Waals surface area contributed by atoms with E-state index >= 15 is 0 Å². The standard InChI is InChI=1S/C17H16ClN3O/c1-12-4-2-3-5-14(12)10-21-17(16(11-22)19-20-21)13-6-8-15(18)9-7-13/h2-9,22H,10-11H2,1H3. The number of nitrogens with zero attached hydrogens (tertiary/aromatic N) is 3. The van der Waals surface area contributed by atoms with Crippen LogP contribution in [0.25, 0.3) is 11.3 Å². The molecule has 0 saturated carbocycles. The maximum absolute atomic E-state index is 9.53. The summed E-state index contributed by atoms with van der Waals surface area (Å²) in [5.74, 6) is 0. The topological polar surface area (TPSA) is 50.9 Å². The van der Waals surface area contributed by atoms with Gasteiger partial charge in [-0.1, -0.05) is 53.2 Å². The molecule has 0 aliphatic rings. The number of aliphatic hydroxyl groups excluding tert-OH is 1. The van der Waals surface area contributed by atoms with Crippen LogP contribution in [0.15, 0.2) is 48.5 Å². The number of benzene rings is 2. The monoisotopic (exact) mass is 313 g/mol. The average Bonchev–Trinajstić information content (AvgIpc) is 2.93. The molecule has 1 heterocycles. The minimum atomic E-state index is -0.147. The highest BCUT2D eigenvalue weighted by Crippen LogP contribution is 2.25. The molecule has 0 aliphatic carbocycles. The highest BCUT2D eigenvalue weighted by molar-refractivity contribution is 6.30. The molecule has 1 N–H and O–H groups in total. The molecule has 22 heavy (non-hydrogen) atoms. The Balaban J connectivity index is 2.04. The van der Waals surface area contributed by atoms with Gasteiger partial charge in [-0.3, -0.25) is 0 Å². The molecule has 0 atom stereocenters. The first kappa shape index (κ1) is 14.8. The lowest BCUT2D eigenvalue weighted by Crippen LogP contribution is -2.06. The molecule has 0 fully saturated rings. The Morgan fingerprint density at radius 1 is 1.09 bits per heavy atom. The summed E-state index contributed by atoms with van der Waals surface area (Å²) >= 11 is 5.95. The minimum Gasteiger partial charge on any atom is -0.390 e. The first-order chi connectivity index (χ1) is 10.7. The average molecular weight is 314 g/mol. The maximum Gasteiger partial charge on any atom is 0.116 e. The number of hydrogen-bond acceptors (Lipinski definition) is 3. The number of aliphatic hydroxyl groups is 1. The molecule has 0 bridgehead atoms. The van der Waals surface area contributed by atoms with Crippen molar-refractivity contribution >= 4 is 11.6 Å². The number of aryl methyl sites for hydroxylation is 1. The fraction of sp³-hybridized carbons (Fsp3) is 0.176. The number of halogens is 1. The predicted octanol–water partition coefficient (Wildman–Crippen LogP) is 3.45. The zero-order valence-electron chi connectivity index (χ0n) is 12.2. The molecule has 112 valence electrons. The van der Waals surface area contributed by atoms with Gasteiger partial charge in [-0.15, -0.1) is 5.10 Å². The lowest BCUT2D eigenvalue weighted by Gasteiger charge is -2.10. The first-order valence-electron chi connectivity index (χ1n) is 7.02. The van der Waals surface area contributed by atoms with Crippen LogP contribution in [0.3, 0.4) is 0 Å². The lowest BCUT2D eigenvalue weighted by atomic mass is 10.1. The predicted molar refractivity (Wildman–Crippen MR) is 86.7 cm³/mol. The lowest BCUT2D eigenvalue weighted by molar-refractivity contribution is 0.277. The van der Waals surface area contributed by atoms with Crippen molar-refractivity contribution in [1.82, 2.24) is 15.0 Å². The summed E-state index contributed by atoms with van der Waals surface area (Å²) < 4.78 is 1.82. The van der Waals surface area contributed by atoms with Gasteiger partial charge in [-0.2, -0.15) is 0 Å². The molecular weight excluding hydrogens is 298 g/mol. The smallest absolute Gasteiger partial charge is 0.116 e. The quantitative estimate of drug-likeness (QED) is 0.802.